The summed E-state index contributed by atoms with van der Waals surface area (Å²) < 4.78 is 11.3. The van der Waals surface area contributed by atoms with Crippen LogP contribution in [0, 0.1) is 13.8 Å². The van der Waals surface area contributed by atoms with Crippen molar-refractivity contribution in [2.75, 3.05) is 31.6 Å². The molecular weight excluding hydrogens is 511 g/mol. The van der Waals surface area contributed by atoms with Gasteiger partial charge in [-0.05, 0) is 45.9 Å². The number of guanidine groups is 1. The van der Waals surface area contributed by atoms with E-state index in [1.165, 1.54) is 6.92 Å². The molecule has 1 atom stereocenters. The molecule has 4 N–H and O–H groups in total. The zero-order valence-electron chi connectivity index (χ0n) is 18.7. The highest BCUT2D eigenvalue weighted by Gasteiger charge is 2.27. The second kappa shape index (κ2) is 12.6. The van der Waals surface area contributed by atoms with Crippen molar-refractivity contribution in [2.45, 2.75) is 40.2 Å². The molecule has 8 nitrogen and oxygen atoms in total. The van der Waals surface area contributed by atoms with E-state index in [4.69, 9.17) is 9.15 Å². The maximum atomic E-state index is 11.2. The van der Waals surface area contributed by atoms with Gasteiger partial charge in [-0.15, -0.1) is 24.0 Å². The fourth-order valence-electron chi connectivity index (χ4n) is 3.03. The Morgan fingerprint density at radius 2 is 2.00 bits per heavy atom. The van der Waals surface area contributed by atoms with Gasteiger partial charge in [0.2, 0.25) is 5.91 Å². The summed E-state index contributed by atoms with van der Waals surface area (Å²) >= 11 is 0. The van der Waals surface area contributed by atoms with Gasteiger partial charge in [-0.1, -0.05) is 6.07 Å². The number of rotatable bonds is 9. The van der Waals surface area contributed by atoms with E-state index in [0.717, 1.165) is 11.3 Å². The minimum atomic E-state index is -1.13. The Hall–Kier alpha value is -2.27. The normalized spacial score (nSPS) is 13.0. The van der Waals surface area contributed by atoms with Crippen molar-refractivity contribution in [3.8, 4) is 5.75 Å². The zero-order valence-corrected chi connectivity index (χ0v) is 21.1. The summed E-state index contributed by atoms with van der Waals surface area (Å²) in [7, 11) is 0. The number of aliphatic imine (C=N–C) groups is 1. The molecule has 9 heteroatoms. The van der Waals surface area contributed by atoms with Crippen LogP contribution >= 0.6 is 24.0 Å². The topological polar surface area (TPSA) is 108 Å². The molecular formula is C22H33IN4O4. The Bertz CT molecular complexity index is 880. The van der Waals surface area contributed by atoms with Gasteiger partial charge in [0.25, 0.3) is 0 Å². The van der Waals surface area contributed by atoms with E-state index in [1.807, 2.05) is 39.0 Å². The second-order valence-corrected chi connectivity index (χ2v) is 7.28. The highest BCUT2D eigenvalue weighted by atomic mass is 127. The number of benzene rings is 1. The van der Waals surface area contributed by atoms with Crippen LogP contribution in [-0.2, 0) is 10.4 Å². The van der Waals surface area contributed by atoms with E-state index >= 15 is 0 Å². The fraction of sp³-hybridized carbons (Fsp3) is 0.455. The molecule has 0 saturated heterocycles. The lowest BCUT2D eigenvalue weighted by atomic mass is 9.96. The third-order valence-corrected chi connectivity index (χ3v) is 4.33. The molecule has 1 unspecified atom stereocenters. The molecule has 0 fully saturated rings. The maximum absolute atomic E-state index is 11.2. The summed E-state index contributed by atoms with van der Waals surface area (Å²) in [6.45, 7) is 10.7. The third-order valence-electron chi connectivity index (χ3n) is 4.33. The minimum Gasteiger partial charge on any atom is -0.492 e. The number of furan rings is 1. The Morgan fingerprint density at radius 1 is 1.26 bits per heavy atom. The first-order chi connectivity index (χ1) is 14.2. The number of anilines is 1. The van der Waals surface area contributed by atoms with Crippen LogP contribution in [-0.4, -0.2) is 43.2 Å². The van der Waals surface area contributed by atoms with Crippen LogP contribution in [0.5, 0.6) is 5.75 Å². The van der Waals surface area contributed by atoms with E-state index in [0.29, 0.717) is 42.9 Å². The molecule has 2 rings (SSSR count). The number of carbonyl (C=O) groups is 1. The zero-order chi connectivity index (χ0) is 22.1. The van der Waals surface area contributed by atoms with E-state index < -0.39 is 5.60 Å². The fourth-order valence-corrected chi connectivity index (χ4v) is 3.03. The van der Waals surface area contributed by atoms with Crippen LogP contribution in [0.25, 0.3) is 0 Å². The first-order valence-corrected chi connectivity index (χ1v) is 10.0. The molecule has 0 aliphatic carbocycles. The lowest BCUT2D eigenvalue weighted by Crippen LogP contribution is -2.40. The first kappa shape index (κ1) is 26.8. The number of aliphatic hydroxyl groups is 1. The number of hydrogen-bond donors (Lipinski definition) is 4. The van der Waals surface area contributed by atoms with Gasteiger partial charge in [-0.2, -0.15) is 0 Å². The highest BCUT2D eigenvalue weighted by Crippen LogP contribution is 2.27. The van der Waals surface area contributed by atoms with Crippen LogP contribution in [0.15, 0.2) is 39.7 Å². The Kier molecular flexibility index (Phi) is 10.8. The highest BCUT2D eigenvalue weighted by molar-refractivity contribution is 14.0. The number of amides is 1. The molecule has 0 aliphatic rings. The summed E-state index contributed by atoms with van der Waals surface area (Å²) in [5, 5.41) is 19.9. The quantitative estimate of drug-likeness (QED) is 0.167. The number of aryl methyl sites for hydroxylation is 2. The molecule has 1 amide bonds. The van der Waals surface area contributed by atoms with Gasteiger partial charge in [-0.25, -0.2) is 4.99 Å². The van der Waals surface area contributed by atoms with Crippen molar-refractivity contribution in [1.29, 1.82) is 0 Å². The molecule has 0 bridgehead atoms. The first-order valence-electron chi connectivity index (χ1n) is 10.0. The van der Waals surface area contributed by atoms with Gasteiger partial charge < -0.3 is 30.2 Å². The van der Waals surface area contributed by atoms with Gasteiger partial charge in [0.05, 0.1) is 13.1 Å². The van der Waals surface area contributed by atoms with Crippen LogP contribution in [0.3, 0.4) is 0 Å². The van der Waals surface area contributed by atoms with Crippen molar-refractivity contribution in [3.63, 3.8) is 0 Å². The molecule has 0 aliphatic heterocycles. The SMILES string of the molecule is CCNC(=NCC(C)(O)c1cc(C)oc1C)NCCOc1cccc(NC(C)=O)c1.I. The number of ether oxygens (including phenoxy) is 1. The van der Waals surface area contributed by atoms with Gasteiger partial charge in [0.1, 0.15) is 29.5 Å². The van der Waals surface area contributed by atoms with E-state index in [-0.39, 0.29) is 36.4 Å². The number of halogens is 1. The Balaban J connectivity index is 0.00000480. The smallest absolute Gasteiger partial charge is 0.221 e. The molecule has 1 aromatic carbocycles. The molecule has 1 aromatic heterocycles. The average molecular weight is 544 g/mol. The molecule has 1 heterocycles. The van der Waals surface area contributed by atoms with Gasteiger partial charge >= 0.3 is 0 Å². The van der Waals surface area contributed by atoms with Crippen molar-refractivity contribution < 1.29 is 19.1 Å². The van der Waals surface area contributed by atoms with Crippen LogP contribution in [0.4, 0.5) is 5.69 Å². The molecule has 2 aromatic rings. The van der Waals surface area contributed by atoms with Crippen molar-refractivity contribution in [3.05, 3.63) is 47.4 Å². The third kappa shape index (κ3) is 8.78. The minimum absolute atomic E-state index is 0. The van der Waals surface area contributed by atoms with Crippen molar-refractivity contribution >= 4 is 41.5 Å². The lowest BCUT2D eigenvalue weighted by Gasteiger charge is -2.21. The van der Waals surface area contributed by atoms with E-state index in [9.17, 15) is 9.90 Å². The summed E-state index contributed by atoms with van der Waals surface area (Å²) in [6.07, 6.45) is 0. The number of nitrogens with one attached hydrogen (secondary N) is 3. The number of nitrogens with zero attached hydrogens (tertiary/aromatic N) is 1. The van der Waals surface area contributed by atoms with Gasteiger partial charge in [0, 0.05) is 30.8 Å². The second-order valence-electron chi connectivity index (χ2n) is 7.28. The lowest BCUT2D eigenvalue weighted by molar-refractivity contribution is -0.114. The Labute approximate surface area is 200 Å². The molecule has 172 valence electrons. The monoisotopic (exact) mass is 544 g/mol. The van der Waals surface area contributed by atoms with Gasteiger partial charge in [-0.3, -0.25) is 4.79 Å². The molecule has 0 saturated carbocycles. The number of carbonyl (C=O) groups excluding carboxylic acids is 1. The summed E-state index contributed by atoms with van der Waals surface area (Å²) in [5.74, 6) is 2.58. The van der Waals surface area contributed by atoms with Crippen LogP contribution < -0.4 is 20.7 Å². The van der Waals surface area contributed by atoms with E-state index in [1.54, 1.807) is 19.1 Å². The largest absolute Gasteiger partial charge is 0.492 e. The standard InChI is InChI=1S/C22H32N4O4.HI/c1-6-23-21(25-14-22(5,28)20-12-15(2)30-16(20)3)24-10-11-29-19-9-7-8-18(13-19)26-17(4)27;/h7-9,12-13,28H,6,10-11,14H2,1-5H3,(H,26,27)(H2,23,24,25);1H. The van der Waals surface area contributed by atoms with Gasteiger partial charge in [0.15, 0.2) is 5.96 Å². The Morgan fingerprint density at radius 3 is 2.61 bits per heavy atom. The maximum Gasteiger partial charge on any atom is 0.221 e. The molecule has 0 radical (unpaired) electrons. The summed E-state index contributed by atoms with van der Waals surface area (Å²) in [4.78, 5) is 15.7. The predicted octanol–water partition coefficient (Wildman–Crippen LogP) is 3.31. The number of hydrogen-bond acceptors (Lipinski definition) is 5. The summed E-state index contributed by atoms with van der Waals surface area (Å²) in [5.41, 5.74) is 0.294. The van der Waals surface area contributed by atoms with Crippen molar-refractivity contribution in [1.82, 2.24) is 10.6 Å². The molecule has 0 spiro atoms. The van der Waals surface area contributed by atoms with Crippen LogP contribution in [0.2, 0.25) is 0 Å². The van der Waals surface area contributed by atoms with E-state index in [2.05, 4.69) is 20.9 Å². The summed E-state index contributed by atoms with van der Waals surface area (Å²) in [6, 6.07) is 9.07. The molecule has 31 heavy (non-hydrogen) atoms. The predicted molar refractivity (Wildman–Crippen MR) is 133 cm³/mol. The van der Waals surface area contributed by atoms with Crippen molar-refractivity contribution in [2.24, 2.45) is 4.99 Å². The average Bonchev–Trinajstić information content (AvgIpc) is 3.02. The van der Waals surface area contributed by atoms with Crippen LogP contribution in [0.1, 0.15) is 37.9 Å².